The van der Waals surface area contributed by atoms with Gasteiger partial charge in [0.2, 0.25) is 5.91 Å². The summed E-state index contributed by atoms with van der Waals surface area (Å²) in [5.74, 6) is 0.825. The summed E-state index contributed by atoms with van der Waals surface area (Å²) in [5, 5.41) is 3.05. The first-order valence-corrected chi connectivity index (χ1v) is 6.81. The number of hydrogen-bond acceptors (Lipinski definition) is 4. The molecule has 0 saturated carbocycles. The third-order valence-electron chi connectivity index (χ3n) is 3.26. The van der Waals surface area contributed by atoms with Crippen LogP contribution in [-0.2, 0) is 11.2 Å². The van der Waals surface area contributed by atoms with Crippen molar-refractivity contribution in [2.45, 2.75) is 32.7 Å². The molecule has 0 spiro atoms. The van der Waals surface area contributed by atoms with Crippen LogP contribution in [0.25, 0.3) is 0 Å². The molecule has 1 atom stereocenters. The largest absolute Gasteiger partial charge is 0.493 e. The number of nitrogens with one attached hydrogen (secondary N) is 1. The average Bonchev–Trinajstić information content (AvgIpc) is 2.45. The highest BCUT2D eigenvalue weighted by molar-refractivity contribution is 5.84. The van der Waals surface area contributed by atoms with Crippen LogP contribution in [0.15, 0.2) is 18.2 Å². The van der Waals surface area contributed by atoms with E-state index in [1.807, 2.05) is 25.1 Å². The molecule has 5 heteroatoms. The van der Waals surface area contributed by atoms with E-state index < -0.39 is 11.4 Å². The first-order valence-electron chi connectivity index (χ1n) is 6.81. The molecular formula is C15H24N2O3. The topological polar surface area (TPSA) is 73.6 Å². The minimum Gasteiger partial charge on any atom is -0.493 e. The fraction of sp³-hybridized carbons (Fsp3) is 0.533. The van der Waals surface area contributed by atoms with Crippen molar-refractivity contribution in [2.24, 2.45) is 5.73 Å². The number of ether oxygens (including phenoxy) is 2. The summed E-state index contributed by atoms with van der Waals surface area (Å²) in [5.41, 5.74) is 5.69. The Morgan fingerprint density at radius 3 is 2.55 bits per heavy atom. The zero-order chi connectivity index (χ0) is 15.2. The standard InChI is InChI=1S/C15H24N2O3/c1-5-11-7-8-12(13(9-11)19-4)20-10-15(3,14(16)18)17-6-2/h7-9,17H,5-6,10H2,1-4H3,(H2,16,18). The Kier molecular flexibility index (Phi) is 5.82. The molecule has 3 N–H and O–H groups in total. The van der Waals surface area contributed by atoms with Gasteiger partial charge in [-0.05, 0) is 37.6 Å². The molecule has 1 aromatic carbocycles. The van der Waals surface area contributed by atoms with Gasteiger partial charge < -0.3 is 20.5 Å². The van der Waals surface area contributed by atoms with Crippen molar-refractivity contribution in [1.82, 2.24) is 5.32 Å². The van der Waals surface area contributed by atoms with Gasteiger partial charge in [0.15, 0.2) is 11.5 Å². The van der Waals surface area contributed by atoms with Crippen molar-refractivity contribution in [3.8, 4) is 11.5 Å². The molecule has 0 bridgehead atoms. The van der Waals surface area contributed by atoms with Crippen molar-refractivity contribution in [1.29, 1.82) is 0 Å². The second-order valence-corrected chi connectivity index (χ2v) is 4.85. The Morgan fingerprint density at radius 1 is 1.35 bits per heavy atom. The molecule has 1 unspecified atom stereocenters. The summed E-state index contributed by atoms with van der Waals surface area (Å²) in [6.45, 7) is 6.50. The van der Waals surface area contributed by atoms with Gasteiger partial charge in [-0.1, -0.05) is 19.9 Å². The Hall–Kier alpha value is -1.75. The number of primary amides is 1. The lowest BCUT2D eigenvalue weighted by atomic mass is 10.0. The van der Waals surface area contributed by atoms with Crippen molar-refractivity contribution in [3.63, 3.8) is 0 Å². The lowest BCUT2D eigenvalue weighted by Crippen LogP contribution is -2.57. The summed E-state index contributed by atoms with van der Waals surface area (Å²) < 4.78 is 11.0. The van der Waals surface area contributed by atoms with Crippen LogP contribution in [0.5, 0.6) is 11.5 Å². The maximum Gasteiger partial charge on any atom is 0.240 e. The van der Waals surface area contributed by atoms with Crippen LogP contribution in [0.1, 0.15) is 26.3 Å². The van der Waals surface area contributed by atoms with Gasteiger partial charge >= 0.3 is 0 Å². The zero-order valence-electron chi connectivity index (χ0n) is 12.7. The van der Waals surface area contributed by atoms with Crippen molar-refractivity contribution in [2.75, 3.05) is 20.3 Å². The third-order valence-corrected chi connectivity index (χ3v) is 3.26. The molecule has 0 fully saturated rings. The van der Waals surface area contributed by atoms with Gasteiger partial charge in [0.1, 0.15) is 12.1 Å². The zero-order valence-corrected chi connectivity index (χ0v) is 12.7. The monoisotopic (exact) mass is 280 g/mol. The summed E-state index contributed by atoms with van der Waals surface area (Å²) in [7, 11) is 1.60. The predicted molar refractivity (Wildman–Crippen MR) is 79.1 cm³/mol. The lowest BCUT2D eigenvalue weighted by Gasteiger charge is -2.27. The van der Waals surface area contributed by atoms with E-state index in [0.717, 1.165) is 6.42 Å². The minimum atomic E-state index is -0.900. The maximum absolute atomic E-state index is 11.5. The number of methoxy groups -OCH3 is 1. The number of amides is 1. The summed E-state index contributed by atoms with van der Waals surface area (Å²) in [4.78, 5) is 11.5. The molecule has 0 aliphatic carbocycles. The lowest BCUT2D eigenvalue weighted by molar-refractivity contribution is -0.124. The first-order chi connectivity index (χ1) is 9.46. The van der Waals surface area contributed by atoms with Crippen LogP contribution in [0, 0.1) is 0 Å². The van der Waals surface area contributed by atoms with Gasteiger partial charge in [-0.15, -0.1) is 0 Å². The van der Waals surface area contributed by atoms with E-state index in [1.54, 1.807) is 14.0 Å². The van der Waals surface area contributed by atoms with E-state index in [1.165, 1.54) is 5.56 Å². The molecule has 0 aliphatic rings. The summed E-state index contributed by atoms with van der Waals surface area (Å²) in [6, 6.07) is 5.77. The molecule has 112 valence electrons. The molecule has 0 radical (unpaired) electrons. The van der Waals surface area contributed by atoms with Gasteiger partial charge in [-0.25, -0.2) is 0 Å². The highest BCUT2D eigenvalue weighted by atomic mass is 16.5. The predicted octanol–water partition coefficient (Wildman–Crippen LogP) is 1.49. The fourth-order valence-electron chi connectivity index (χ4n) is 1.87. The molecule has 1 rings (SSSR count). The number of benzene rings is 1. The number of carbonyl (C=O) groups excluding carboxylic acids is 1. The van der Waals surface area contributed by atoms with Gasteiger partial charge in [-0.2, -0.15) is 0 Å². The van der Waals surface area contributed by atoms with Crippen LogP contribution in [0.4, 0.5) is 0 Å². The fourth-order valence-corrected chi connectivity index (χ4v) is 1.87. The van der Waals surface area contributed by atoms with Crippen LogP contribution in [0.3, 0.4) is 0 Å². The van der Waals surface area contributed by atoms with Crippen LogP contribution < -0.4 is 20.5 Å². The normalized spacial score (nSPS) is 13.6. The quantitative estimate of drug-likeness (QED) is 0.756. The highest BCUT2D eigenvalue weighted by Gasteiger charge is 2.31. The molecule has 5 nitrogen and oxygen atoms in total. The smallest absolute Gasteiger partial charge is 0.240 e. The third kappa shape index (κ3) is 3.87. The second-order valence-electron chi connectivity index (χ2n) is 4.85. The van der Waals surface area contributed by atoms with Crippen molar-refractivity contribution in [3.05, 3.63) is 23.8 Å². The van der Waals surface area contributed by atoms with E-state index in [0.29, 0.717) is 18.0 Å². The van der Waals surface area contributed by atoms with E-state index in [-0.39, 0.29) is 6.61 Å². The number of likely N-dealkylation sites (N-methyl/N-ethyl adjacent to an activating group) is 1. The first kappa shape index (κ1) is 16.3. The number of carbonyl (C=O) groups is 1. The van der Waals surface area contributed by atoms with E-state index in [4.69, 9.17) is 15.2 Å². The Labute approximate surface area is 120 Å². The summed E-state index contributed by atoms with van der Waals surface area (Å²) >= 11 is 0. The Bertz CT molecular complexity index is 462. The van der Waals surface area contributed by atoms with Gasteiger partial charge in [0.05, 0.1) is 7.11 Å². The number of hydrogen-bond donors (Lipinski definition) is 2. The SMILES string of the molecule is CCNC(C)(COc1ccc(CC)cc1OC)C(N)=O. The van der Waals surface area contributed by atoms with Crippen LogP contribution >= 0.6 is 0 Å². The maximum atomic E-state index is 11.5. The van der Waals surface area contributed by atoms with Crippen molar-refractivity contribution < 1.29 is 14.3 Å². The molecule has 1 amide bonds. The number of aryl methyl sites for hydroxylation is 1. The van der Waals surface area contributed by atoms with Gasteiger partial charge in [0.25, 0.3) is 0 Å². The highest BCUT2D eigenvalue weighted by Crippen LogP contribution is 2.28. The van der Waals surface area contributed by atoms with Crippen LogP contribution in [-0.4, -0.2) is 31.7 Å². The second kappa shape index (κ2) is 7.14. The van der Waals surface area contributed by atoms with E-state index >= 15 is 0 Å². The minimum absolute atomic E-state index is 0.151. The molecule has 0 aromatic heterocycles. The van der Waals surface area contributed by atoms with Crippen molar-refractivity contribution >= 4 is 5.91 Å². The molecule has 0 heterocycles. The molecule has 0 saturated heterocycles. The average molecular weight is 280 g/mol. The molecule has 0 aliphatic heterocycles. The molecule has 20 heavy (non-hydrogen) atoms. The number of nitrogens with two attached hydrogens (primary N) is 1. The number of rotatable bonds is 8. The molecular weight excluding hydrogens is 256 g/mol. The Balaban J connectivity index is 2.85. The van der Waals surface area contributed by atoms with Gasteiger partial charge in [0, 0.05) is 0 Å². The molecule has 1 aromatic rings. The van der Waals surface area contributed by atoms with E-state index in [2.05, 4.69) is 12.2 Å². The Morgan fingerprint density at radius 2 is 2.05 bits per heavy atom. The van der Waals surface area contributed by atoms with Crippen LogP contribution in [0.2, 0.25) is 0 Å². The van der Waals surface area contributed by atoms with Gasteiger partial charge in [-0.3, -0.25) is 4.79 Å². The summed E-state index contributed by atoms with van der Waals surface area (Å²) in [6.07, 6.45) is 0.924. The van der Waals surface area contributed by atoms with E-state index in [9.17, 15) is 4.79 Å².